The summed E-state index contributed by atoms with van der Waals surface area (Å²) in [6.07, 6.45) is 0. The van der Waals surface area contributed by atoms with Crippen molar-refractivity contribution in [2.45, 2.75) is 0 Å². The van der Waals surface area contributed by atoms with Crippen LogP contribution in [0, 0.1) is 5.82 Å². The minimum atomic E-state index is -0.794. The molecule has 21 heavy (non-hydrogen) atoms. The molecule has 0 radical (unpaired) electrons. The minimum absolute atomic E-state index is 0.209. The SMILES string of the molecule is O=C(c1cccc(F)c1)c1ccc2[nH]c(=O)c(=O)[nH]c2c1. The van der Waals surface area contributed by atoms with E-state index in [9.17, 15) is 18.8 Å². The zero-order valence-corrected chi connectivity index (χ0v) is 10.6. The van der Waals surface area contributed by atoms with E-state index in [1.54, 1.807) is 0 Å². The summed E-state index contributed by atoms with van der Waals surface area (Å²) in [6.45, 7) is 0. The highest BCUT2D eigenvalue weighted by atomic mass is 19.1. The number of fused-ring (bicyclic) bond motifs is 1. The fourth-order valence-electron chi connectivity index (χ4n) is 2.05. The van der Waals surface area contributed by atoms with E-state index in [4.69, 9.17) is 0 Å². The first-order valence-electron chi connectivity index (χ1n) is 6.11. The first-order valence-corrected chi connectivity index (χ1v) is 6.11. The summed E-state index contributed by atoms with van der Waals surface area (Å²) in [5.41, 5.74) is -0.307. The van der Waals surface area contributed by atoms with Crippen LogP contribution in [-0.4, -0.2) is 15.8 Å². The summed E-state index contributed by atoms with van der Waals surface area (Å²) in [7, 11) is 0. The van der Waals surface area contributed by atoms with Crippen molar-refractivity contribution in [1.29, 1.82) is 0 Å². The van der Waals surface area contributed by atoms with E-state index in [-0.39, 0.29) is 16.9 Å². The third kappa shape index (κ3) is 2.38. The van der Waals surface area contributed by atoms with Crippen LogP contribution in [0.25, 0.3) is 11.0 Å². The van der Waals surface area contributed by atoms with Gasteiger partial charge in [0, 0.05) is 11.1 Å². The molecule has 1 aromatic heterocycles. The molecule has 0 spiro atoms. The Balaban J connectivity index is 2.13. The number of nitrogens with one attached hydrogen (secondary N) is 2. The lowest BCUT2D eigenvalue weighted by Gasteiger charge is -2.03. The Morgan fingerprint density at radius 3 is 2.24 bits per heavy atom. The first kappa shape index (κ1) is 13.0. The fraction of sp³-hybridized carbons (Fsp3) is 0. The molecular formula is C15H9FN2O3. The molecule has 3 aromatic rings. The minimum Gasteiger partial charge on any atom is -0.316 e. The van der Waals surface area contributed by atoms with E-state index < -0.39 is 16.9 Å². The lowest BCUT2D eigenvalue weighted by Crippen LogP contribution is -2.28. The van der Waals surface area contributed by atoms with Crippen molar-refractivity contribution >= 4 is 16.8 Å². The molecule has 0 saturated carbocycles. The molecule has 3 rings (SSSR count). The van der Waals surface area contributed by atoms with Gasteiger partial charge in [-0.15, -0.1) is 0 Å². The number of aromatic nitrogens is 2. The molecule has 2 aromatic carbocycles. The molecule has 0 aliphatic carbocycles. The molecule has 0 unspecified atom stereocenters. The molecule has 2 N–H and O–H groups in total. The topological polar surface area (TPSA) is 82.8 Å². The van der Waals surface area contributed by atoms with Crippen molar-refractivity contribution in [3.05, 3.63) is 80.1 Å². The average Bonchev–Trinajstić information content (AvgIpc) is 2.47. The molecule has 0 amide bonds. The van der Waals surface area contributed by atoms with Gasteiger partial charge in [-0.2, -0.15) is 0 Å². The van der Waals surface area contributed by atoms with Crippen molar-refractivity contribution in [3.8, 4) is 0 Å². The normalized spacial score (nSPS) is 10.7. The predicted octanol–water partition coefficient (Wildman–Crippen LogP) is 1.59. The van der Waals surface area contributed by atoms with Gasteiger partial charge in [0.15, 0.2) is 5.78 Å². The summed E-state index contributed by atoms with van der Waals surface area (Å²) >= 11 is 0. The number of carbonyl (C=O) groups excluding carboxylic acids is 1. The van der Waals surface area contributed by atoms with Crippen molar-refractivity contribution in [2.24, 2.45) is 0 Å². The third-order valence-electron chi connectivity index (χ3n) is 3.07. The van der Waals surface area contributed by atoms with Crippen LogP contribution in [-0.2, 0) is 0 Å². The second kappa shape index (κ2) is 4.82. The van der Waals surface area contributed by atoms with E-state index >= 15 is 0 Å². The molecule has 0 aliphatic rings. The summed E-state index contributed by atoms with van der Waals surface area (Å²) in [5, 5.41) is 0. The van der Waals surface area contributed by atoms with E-state index in [2.05, 4.69) is 9.97 Å². The Bertz CT molecular complexity index is 972. The molecule has 0 atom stereocenters. The fourth-order valence-corrected chi connectivity index (χ4v) is 2.05. The number of benzene rings is 2. The molecule has 0 aliphatic heterocycles. The molecule has 0 fully saturated rings. The maximum atomic E-state index is 13.2. The highest BCUT2D eigenvalue weighted by molar-refractivity contribution is 6.10. The summed E-state index contributed by atoms with van der Waals surface area (Å²) in [5.74, 6) is -0.872. The van der Waals surface area contributed by atoms with Crippen LogP contribution in [0.2, 0.25) is 0 Å². The zero-order chi connectivity index (χ0) is 15.0. The number of hydrogen-bond acceptors (Lipinski definition) is 3. The molecular weight excluding hydrogens is 275 g/mol. The average molecular weight is 284 g/mol. The summed E-state index contributed by atoms with van der Waals surface area (Å²) < 4.78 is 13.2. The van der Waals surface area contributed by atoms with Gasteiger partial charge in [0.1, 0.15) is 5.82 Å². The number of ketones is 1. The Labute approximate surface area is 117 Å². The van der Waals surface area contributed by atoms with Crippen molar-refractivity contribution in [2.75, 3.05) is 0 Å². The Kier molecular flexibility index (Phi) is 2.98. The number of H-pyrrole nitrogens is 2. The Hall–Kier alpha value is -3.02. The molecule has 0 bridgehead atoms. The van der Waals surface area contributed by atoms with E-state index in [0.717, 1.165) is 6.07 Å². The van der Waals surface area contributed by atoms with Crippen LogP contribution in [0.1, 0.15) is 15.9 Å². The van der Waals surface area contributed by atoms with Crippen LogP contribution < -0.4 is 11.1 Å². The van der Waals surface area contributed by atoms with Crippen LogP contribution in [0.4, 0.5) is 4.39 Å². The second-order valence-corrected chi connectivity index (χ2v) is 4.51. The molecule has 1 heterocycles. The summed E-state index contributed by atoms with van der Waals surface area (Å²) in [4.78, 5) is 39.6. The van der Waals surface area contributed by atoms with Gasteiger partial charge in [0.25, 0.3) is 0 Å². The second-order valence-electron chi connectivity index (χ2n) is 4.51. The highest BCUT2D eigenvalue weighted by Gasteiger charge is 2.11. The van der Waals surface area contributed by atoms with Gasteiger partial charge in [-0.3, -0.25) is 14.4 Å². The number of hydrogen-bond donors (Lipinski definition) is 2. The molecule has 6 heteroatoms. The maximum Gasteiger partial charge on any atom is 0.314 e. The molecule has 5 nitrogen and oxygen atoms in total. The Morgan fingerprint density at radius 2 is 1.52 bits per heavy atom. The van der Waals surface area contributed by atoms with Crippen molar-refractivity contribution in [1.82, 2.24) is 9.97 Å². The highest BCUT2D eigenvalue weighted by Crippen LogP contribution is 2.14. The maximum absolute atomic E-state index is 13.2. The summed E-state index contributed by atoms with van der Waals surface area (Å²) in [6, 6.07) is 9.80. The van der Waals surface area contributed by atoms with Gasteiger partial charge in [-0.25, -0.2) is 4.39 Å². The quantitative estimate of drug-likeness (QED) is 0.553. The number of aromatic amines is 2. The van der Waals surface area contributed by atoms with E-state index in [1.807, 2.05) is 0 Å². The molecule has 0 saturated heterocycles. The van der Waals surface area contributed by atoms with Crippen LogP contribution in [0.3, 0.4) is 0 Å². The number of halogens is 1. The molecule has 104 valence electrons. The third-order valence-corrected chi connectivity index (χ3v) is 3.07. The van der Waals surface area contributed by atoms with Crippen molar-refractivity contribution < 1.29 is 9.18 Å². The van der Waals surface area contributed by atoms with Gasteiger partial charge in [0.05, 0.1) is 11.0 Å². The van der Waals surface area contributed by atoms with Crippen LogP contribution in [0.15, 0.2) is 52.1 Å². The lowest BCUT2D eigenvalue weighted by atomic mass is 10.0. The zero-order valence-electron chi connectivity index (χ0n) is 10.6. The smallest absolute Gasteiger partial charge is 0.314 e. The largest absolute Gasteiger partial charge is 0.316 e. The van der Waals surface area contributed by atoms with E-state index in [0.29, 0.717) is 11.0 Å². The predicted molar refractivity (Wildman–Crippen MR) is 75.0 cm³/mol. The van der Waals surface area contributed by atoms with Gasteiger partial charge >= 0.3 is 11.1 Å². The van der Waals surface area contributed by atoms with Gasteiger partial charge in [-0.05, 0) is 30.3 Å². The Morgan fingerprint density at radius 1 is 0.857 bits per heavy atom. The van der Waals surface area contributed by atoms with Gasteiger partial charge in [-0.1, -0.05) is 12.1 Å². The van der Waals surface area contributed by atoms with Crippen molar-refractivity contribution in [3.63, 3.8) is 0 Å². The van der Waals surface area contributed by atoms with E-state index in [1.165, 1.54) is 36.4 Å². The standard InChI is InChI=1S/C15H9FN2O3/c16-10-3-1-2-8(6-10)13(19)9-4-5-11-12(7-9)18-15(21)14(20)17-11/h1-7H,(H,17,20)(H,18,21). The monoisotopic (exact) mass is 284 g/mol. The first-order chi connectivity index (χ1) is 10.0. The van der Waals surface area contributed by atoms with Gasteiger partial charge in [0.2, 0.25) is 0 Å². The van der Waals surface area contributed by atoms with Crippen LogP contribution in [0.5, 0.6) is 0 Å². The van der Waals surface area contributed by atoms with Crippen LogP contribution >= 0.6 is 0 Å². The lowest BCUT2D eigenvalue weighted by molar-refractivity contribution is 0.103. The number of carbonyl (C=O) groups is 1. The van der Waals surface area contributed by atoms with Gasteiger partial charge < -0.3 is 9.97 Å². The number of rotatable bonds is 2.